The van der Waals surface area contributed by atoms with Crippen LogP contribution in [0.4, 0.5) is 0 Å². The van der Waals surface area contributed by atoms with Crippen LogP contribution in [-0.4, -0.2) is 95.9 Å². The lowest BCUT2D eigenvalue weighted by Crippen LogP contribution is -2.30. The molecule has 0 spiro atoms. The van der Waals surface area contributed by atoms with E-state index in [4.69, 9.17) is 32.3 Å². The van der Waals surface area contributed by atoms with Gasteiger partial charge in [-0.05, 0) is 116 Å². The number of carbonyl (C=O) groups excluding carboxylic acids is 3. The van der Waals surface area contributed by atoms with E-state index in [9.17, 15) is 43.5 Å². The Morgan fingerprint density at radius 3 is 0.869 bits per heavy atom. The fourth-order valence-corrected chi connectivity index (χ4v) is 12.5. The lowest BCUT2D eigenvalue weighted by molar-refractivity contribution is -0.161. The maximum Gasteiger partial charge on any atom is 0.472 e. The van der Waals surface area contributed by atoms with Crippen molar-refractivity contribution >= 4 is 33.6 Å². The minimum Gasteiger partial charge on any atom is -0.463 e. The number of esters is 3. The second-order valence-electron chi connectivity index (χ2n) is 26.9. The van der Waals surface area contributed by atoms with Gasteiger partial charge in [0.2, 0.25) is 0 Å². The molecule has 0 aliphatic carbocycles. The SMILES string of the molecule is CCC/C=C\C/C=C\CCCCCCCC(=O)OC(COC(=O)CCCCCCC/C=C\CCCCCCCC)COP(=O)(O)OCC(O)COP(=O)(O)OCC(O)COC(=O)CCCCCCCCCCCCCCCCCCCCC/C=C\C/C=C\C/C=C\C/C=C\CCCCC. The molecule has 99 heavy (non-hydrogen) atoms. The van der Waals surface area contributed by atoms with Crippen LogP contribution in [0.2, 0.25) is 0 Å². The number of aliphatic hydroxyl groups is 2. The van der Waals surface area contributed by atoms with Crippen molar-refractivity contribution < 1.29 is 75.8 Å². The van der Waals surface area contributed by atoms with Crippen LogP contribution in [0.5, 0.6) is 0 Å². The van der Waals surface area contributed by atoms with Gasteiger partial charge in [0.25, 0.3) is 0 Å². The van der Waals surface area contributed by atoms with Crippen LogP contribution in [0, 0.1) is 0 Å². The Morgan fingerprint density at radius 2 is 0.525 bits per heavy atom. The van der Waals surface area contributed by atoms with Crippen molar-refractivity contribution in [2.45, 2.75) is 373 Å². The summed E-state index contributed by atoms with van der Waals surface area (Å²) in [5, 5.41) is 20.6. The van der Waals surface area contributed by atoms with E-state index in [1.165, 1.54) is 167 Å². The Morgan fingerprint density at radius 1 is 0.283 bits per heavy atom. The predicted octanol–water partition coefficient (Wildman–Crippen LogP) is 23.2. The third kappa shape index (κ3) is 75.7. The summed E-state index contributed by atoms with van der Waals surface area (Å²) in [5.41, 5.74) is 0. The van der Waals surface area contributed by atoms with Crippen LogP contribution in [-0.2, 0) is 55.8 Å². The maximum atomic E-state index is 12.9. The van der Waals surface area contributed by atoms with Gasteiger partial charge in [-0.25, -0.2) is 9.13 Å². The second kappa shape index (κ2) is 74.4. The highest BCUT2D eigenvalue weighted by Crippen LogP contribution is 2.45. The fraction of sp³-hybridized carbons (Fsp3) is 0.790. The summed E-state index contributed by atoms with van der Waals surface area (Å²) in [5.74, 6) is -1.59. The molecular weight excluding hydrogens is 1290 g/mol. The van der Waals surface area contributed by atoms with Crippen LogP contribution in [0.25, 0.3) is 0 Å². The van der Waals surface area contributed by atoms with Gasteiger partial charge >= 0.3 is 33.6 Å². The first-order chi connectivity index (χ1) is 48.2. The molecule has 0 radical (unpaired) electrons. The second-order valence-corrected chi connectivity index (χ2v) is 29.8. The van der Waals surface area contributed by atoms with Crippen LogP contribution in [0.3, 0.4) is 0 Å². The molecule has 0 aliphatic heterocycles. The van der Waals surface area contributed by atoms with Gasteiger partial charge in [0.05, 0.1) is 26.4 Å². The number of phosphoric acid groups is 2. The van der Waals surface area contributed by atoms with E-state index < -0.39 is 91.5 Å². The fourth-order valence-electron chi connectivity index (χ4n) is 10.9. The first-order valence-corrected chi connectivity index (χ1v) is 42.9. The molecule has 0 amide bonds. The molecule has 576 valence electrons. The number of hydrogen-bond acceptors (Lipinski definition) is 14. The zero-order valence-corrected chi connectivity index (χ0v) is 64.7. The Kier molecular flexibility index (Phi) is 72.0. The molecule has 0 aromatic carbocycles. The average molecular weight is 1440 g/mol. The largest absolute Gasteiger partial charge is 0.472 e. The Hall–Kier alpha value is -3.27. The van der Waals surface area contributed by atoms with Crippen molar-refractivity contribution in [3.05, 3.63) is 85.1 Å². The summed E-state index contributed by atoms with van der Waals surface area (Å²) in [6.45, 7) is 2.59. The highest BCUT2D eigenvalue weighted by Gasteiger charge is 2.29. The number of phosphoric ester groups is 2. The zero-order chi connectivity index (χ0) is 72.3. The predicted molar refractivity (Wildman–Crippen MR) is 408 cm³/mol. The van der Waals surface area contributed by atoms with Gasteiger partial charge in [-0.15, -0.1) is 0 Å². The van der Waals surface area contributed by atoms with Crippen molar-refractivity contribution in [1.29, 1.82) is 0 Å². The molecule has 0 bridgehead atoms. The van der Waals surface area contributed by atoms with Crippen molar-refractivity contribution in [1.82, 2.24) is 0 Å². The number of carbonyl (C=O) groups is 3. The molecule has 18 heteroatoms. The number of unbranched alkanes of at least 4 members (excludes halogenated alkanes) is 39. The highest BCUT2D eigenvalue weighted by molar-refractivity contribution is 7.47. The summed E-state index contributed by atoms with van der Waals surface area (Å²) >= 11 is 0. The van der Waals surface area contributed by atoms with Gasteiger partial charge in [0.1, 0.15) is 25.4 Å². The van der Waals surface area contributed by atoms with Crippen molar-refractivity contribution in [2.24, 2.45) is 0 Å². The zero-order valence-electron chi connectivity index (χ0n) is 62.9. The molecule has 5 unspecified atom stereocenters. The van der Waals surface area contributed by atoms with Gasteiger partial charge in [0, 0.05) is 19.3 Å². The van der Waals surface area contributed by atoms with Crippen molar-refractivity contribution in [3.8, 4) is 0 Å². The van der Waals surface area contributed by atoms with E-state index in [0.29, 0.717) is 19.3 Å². The third-order valence-electron chi connectivity index (χ3n) is 17.0. The molecule has 0 rings (SSSR count). The summed E-state index contributed by atoms with van der Waals surface area (Å²) in [6.07, 6.45) is 83.8. The lowest BCUT2D eigenvalue weighted by atomic mass is 10.0. The molecule has 0 fully saturated rings. The van der Waals surface area contributed by atoms with E-state index in [-0.39, 0.29) is 19.3 Å². The molecule has 4 N–H and O–H groups in total. The van der Waals surface area contributed by atoms with E-state index in [0.717, 1.165) is 128 Å². The molecule has 0 heterocycles. The highest BCUT2D eigenvalue weighted by atomic mass is 31.2. The minimum atomic E-state index is -4.93. The summed E-state index contributed by atoms with van der Waals surface area (Å²) in [6, 6.07) is 0. The first-order valence-electron chi connectivity index (χ1n) is 39.9. The molecule has 0 aliphatic rings. The first kappa shape index (κ1) is 95.7. The normalized spacial score (nSPS) is 14.5. The standard InChI is InChI=1S/C81H146O16P2/c1-4-7-10-13-16-19-22-25-27-28-29-30-31-32-33-34-35-36-37-38-39-40-41-42-43-44-45-46-48-51-52-55-58-61-64-67-79(84)91-70-76(82)71-93-98(87,88)94-72-77(83)73-95-99(89,90)96-75-78(97-81(86)69-66-63-60-57-54-49-24-21-18-15-12-9-6-3)74-92-80(85)68-65-62-59-56-53-50-47-26-23-20-17-14-11-8-5-2/h12,15-16,19,21,24-27,29-30,32-33,47,76-78,82-83H,4-11,13-14,17-18,20,22-23,28,31,34-46,48-75H2,1-3H3,(H,87,88)(H,89,90)/b15-12-,19-16-,24-21-,27-25-,30-29-,33-32-,47-26-. The van der Waals surface area contributed by atoms with Gasteiger partial charge < -0.3 is 34.2 Å². The average Bonchev–Trinajstić information content (AvgIpc) is 2.27. The van der Waals surface area contributed by atoms with Crippen LogP contribution < -0.4 is 0 Å². The van der Waals surface area contributed by atoms with Crippen molar-refractivity contribution in [2.75, 3.05) is 39.6 Å². The van der Waals surface area contributed by atoms with Crippen LogP contribution in [0.15, 0.2) is 85.1 Å². The van der Waals surface area contributed by atoms with E-state index in [2.05, 4.69) is 106 Å². The third-order valence-corrected chi connectivity index (χ3v) is 18.9. The summed E-state index contributed by atoms with van der Waals surface area (Å²) in [4.78, 5) is 58.5. The lowest BCUT2D eigenvalue weighted by Gasteiger charge is -2.21. The van der Waals surface area contributed by atoms with Crippen LogP contribution in [0.1, 0.15) is 355 Å². The Labute approximate surface area is 604 Å². The maximum absolute atomic E-state index is 12.9. The number of hydrogen-bond donors (Lipinski definition) is 4. The Balaban J connectivity index is 4.31. The number of rotatable bonds is 76. The molecule has 0 saturated carbocycles. The number of ether oxygens (including phenoxy) is 3. The number of allylic oxidation sites excluding steroid dienone is 14. The molecule has 0 saturated heterocycles. The Bertz CT molecular complexity index is 2140. The molecule has 0 aromatic rings. The molecule has 5 atom stereocenters. The minimum absolute atomic E-state index is 0.0889. The molecular formula is C81H146O16P2. The van der Waals surface area contributed by atoms with Gasteiger partial charge in [-0.2, -0.15) is 0 Å². The van der Waals surface area contributed by atoms with E-state index >= 15 is 0 Å². The summed E-state index contributed by atoms with van der Waals surface area (Å²) in [7, 11) is -9.78. The topological polar surface area (TPSA) is 231 Å². The van der Waals surface area contributed by atoms with Crippen LogP contribution >= 0.6 is 15.6 Å². The smallest absolute Gasteiger partial charge is 0.463 e. The molecule has 16 nitrogen and oxygen atoms in total. The monoisotopic (exact) mass is 1440 g/mol. The van der Waals surface area contributed by atoms with Gasteiger partial charge in [-0.1, -0.05) is 305 Å². The van der Waals surface area contributed by atoms with Gasteiger partial charge in [0.15, 0.2) is 6.10 Å². The quantitative estimate of drug-likeness (QED) is 0.0146. The summed E-state index contributed by atoms with van der Waals surface area (Å²) < 4.78 is 61.0. The van der Waals surface area contributed by atoms with E-state index in [1.807, 2.05) is 0 Å². The van der Waals surface area contributed by atoms with E-state index in [1.54, 1.807) is 0 Å². The number of aliphatic hydroxyl groups excluding tert-OH is 2. The molecule has 0 aromatic heterocycles. The van der Waals surface area contributed by atoms with Crippen molar-refractivity contribution in [3.63, 3.8) is 0 Å². The van der Waals surface area contributed by atoms with Gasteiger partial charge in [-0.3, -0.25) is 32.5 Å².